The van der Waals surface area contributed by atoms with Gasteiger partial charge in [0.05, 0.1) is 34.1 Å². The minimum absolute atomic E-state index is 0.103. The first-order valence-electron chi connectivity index (χ1n) is 11.8. The fourth-order valence-electron chi connectivity index (χ4n) is 6.53. The van der Waals surface area contributed by atoms with Crippen LogP contribution in [0.15, 0.2) is 12.1 Å². The molecule has 0 saturated carbocycles. The lowest BCUT2D eigenvalue weighted by Gasteiger charge is -2.46. The maximum atomic E-state index is 13.7. The van der Waals surface area contributed by atoms with E-state index < -0.39 is 0 Å². The van der Waals surface area contributed by atoms with Crippen LogP contribution in [0.3, 0.4) is 0 Å². The molecule has 0 aliphatic carbocycles. The number of hydrogen-bond donors (Lipinski definition) is 4. The van der Waals surface area contributed by atoms with Crippen molar-refractivity contribution in [3.05, 3.63) is 27.9 Å². The van der Waals surface area contributed by atoms with Crippen molar-refractivity contribution in [2.45, 2.75) is 62.8 Å². The average molecular weight is 493 g/mol. The van der Waals surface area contributed by atoms with Crippen LogP contribution in [0.4, 0.5) is 0 Å². The van der Waals surface area contributed by atoms with Crippen molar-refractivity contribution in [1.82, 2.24) is 41.1 Å². The number of hydrazine groups is 1. The zero-order chi connectivity index (χ0) is 23.0. The molecule has 7 atom stereocenters. The Kier molecular flexibility index (Phi) is 5.37. The van der Waals surface area contributed by atoms with Gasteiger partial charge in [-0.05, 0) is 37.4 Å². The zero-order valence-electron chi connectivity index (χ0n) is 19.0. The van der Waals surface area contributed by atoms with E-state index in [1.54, 1.807) is 11.7 Å². The van der Waals surface area contributed by atoms with Crippen molar-refractivity contribution >= 4 is 40.0 Å². The average Bonchev–Trinajstić information content (AvgIpc) is 3.54. The molecular formula is C22H30Cl2N8O. The number of aryl methyl sites for hydroxylation is 1. The number of likely N-dealkylation sites (N-methyl/N-ethyl adjacent to an activating group) is 1. The maximum Gasteiger partial charge on any atom is 0.232 e. The molecule has 2 bridgehead atoms. The summed E-state index contributed by atoms with van der Waals surface area (Å²) < 4.78 is 1.61. The molecular weight excluding hydrogens is 463 g/mol. The Labute approximate surface area is 203 Å². The Balaban J connectivity index is 1.28. The minimum Gasteiger partial charge on any atom is -0.317 e. The molecule has 9 nitrogen and oxygen atoms in total. The van der Waals surface area contributed by atoms with Crippen LogP contribution in [0, 0.1) is 5.92 Å². The monoisotopic (exact) mass is 492 g/mol. The van der Waals surface area contributed by atoms with Crippen LogP contribution >= 0.6 is 23.2 Å². The van der Waals surface area contributed by atoms with Crippen molar-refractivity contribution in [3.63, 3.8) is 0 Å². The molecule has 4 N–H and O–H groups in total. The van der Waals surface area contributed by atoms with Crippen LogP contribution in [0.25, 0.3) is 10.9 Å². The number of rotatable bonds is 4. The van der Waals surface area contributed by atoms with Crippen LogP contribution < -0.4 is 21.5 Å². The van der Waals surface area contributed by atoms with Crippen molar-refractivity contribution in [2.24, 2.45) is 13.0 Å². The molecule has 5 heterocycles. The molecule has 11 heteroatoms. The highest BCUT2D eigenvalue weighted by Gasteiger charge is 2.55. The Morgan fingerprint density at radius 3 is 2.82 bits per heavy atom. The number of halogens is 2. The highest BCUT2D eigenvalue weighted by molar-refractivity contribution is 6.42. The van der Waals surface area contributed by atoms with Gasteiger partial charge in [0.1, 0.15) is 11.4 Å². The summed E-state index contributed by atoms with van der Waals surface area (Å²) in [5.74, 6) is -0.229. The summed E-state index contributed by atoms with van der Waals surface area (Å²) in [6.07, 6.45) is 3.18. The Hall–Kier alpha value is -1.46. The number of benzene rings is 1. The molecule has 4 aliphatic heterocycles. The Morgan fingerprint density at radius 2 is 2.03 bits per heavy atom. The molecule has 6 rings (SSSR count). The van der Waals surface area contributed by atoms with Crippen molar-refractivity contribution in [2.75, 3.05) is 13.6 Å². The summed E-state index contributed by atoms with van der Waals surface area (Å²) in [7, 11) is 3.70. The smallest absolute Gasteiger partial charge is 0.232 e. The van der Waals surface area contributed by atoms with Gasteiger partial charge in [-0.3, -0.25) is 19.7 Å². The van der Waals surface area contributed by atoms with Crippen LogP contribution in [0.5, 0.6) is 0 Å². The Morgan fingerprint density at radius 1 is 1.21 bits per heavy atom. The van der Waals surface area contributed by atoms with E-state index in [9.17, 15) is 4.79 Å². The third kappa shape index (κ3) is 3.17. The predicted octanol–water partition coefficient (Wildman–Crippen LogP) is 1.53. The summed E-state index contributed by atoms with van der Waals surface area (Å²) in [5.41, 5.74) is 8.24. The normalized spacial score (nSPS) is 36.3. The highest BCUT2D eigenvalue weighted by Crippen LogP contribution is 2.43. The first-order valence-corrected chi connectivity index (χ1v) is 12.5. The van der Waals surface area contributed by atoms with Gasteiger partial charge in [0.15, 0.2) is 0 Å². The maximum absolute atomic E-state index is 13.7. The summed E-state index contributed by atoms with van der Waals surface area (Å²) in [6, 6.07) is 5.02. The van der Waals surface area contributed by atoms with Gasteiger partial charge in [0.2, 0.25) is 5.91 Å². The van der Waals surface area contributed by atoms with E-state index in [4.69, 9.17) is 23.2 Å². The van der Waals surface area contributed by atoms with Crippen molar-refractivity contribution < 1.29 is 4.79 Å². The van der Waals surface area contributed by atoms with E-state index in [0.29, 0.717) is 33.7 Å². The third-order valence-corrected chi connectivity index (χ3v) is 8.85. The lowest BCUT2D eigenvalue weighted by Crippen LogP contribution is -2.70. The minimum atomic E-state index is -0.332. The van der Waals surface area contributed by atoms with Gasteiger partial charge in [-0.25, -0.2) is 10.9 Å². The van der Waals surface area contributed by atoms with E-state index in [1.165, 1.54) is 12.8 Å². The Bertz CT molecular complexity index is 1110. The van der Waals surface area contributed by atoms with Gasteiger partial charge in [0.25, 0.3) is 0 Å². The topological polar surface area (TPSA) is 89.5 Å². The molecule has 1 amide bonds. The SMILES string of the molecule is CCN[C@@H]1C[C@@H]2CC[C@H]1N2C1NC2NNC(c3ccc4nn(C)c(Cl)c4c3Cl)C2C(=O)N1C. The van der Waals surface area contributed by atoms with Gasteiger partial charge >= 0.3 is 0 Å². The lowest BCUT2D eigenvalue weighted by atomic mass is 9.89. The molecule has 33 heavy (non-hydrogen) atoms. The van der Waals surface area contributed by atoms with Crippen LogP contribution in [-0.2, 0) is 11.8 Å². The molecule has 4 unspecified atom stereocenters. The predicted molar refractivity (Wildman–Crippen MR) is 127 cm³/mol. The fraction of sp³-hybridized carbons (Fsp3) is 0.636. The first-order chi connectivity index (χ1) is 15.9. The van der Waals surface area contributed by atoms with Gasteiger partial charge in [-0.15, -0.1) is 0 Å². The van der Waals surface area contributed by atoms with Crippen LogP contribution in [-0.4, -0.2) is 69.7 Å². The summed E-state index contributed by atoms with van der Waals surface area (Å²) in [6.45, 7) is 3.13. The van der Waals surface area contributed by atoms with Gasteiger partial charge in [-0.2, -0.15) is 5.10 Å². The summed E-state index contributed by atoms with van der Waals surface area (Å²) in [5, 5.41) is 13.5. The number of carbonyl (C=O) groups is 1. The third-order valence-electron chi connectivity index (χ3n) is 8.01. The largest absolute Gasteiger partial charge is 0.317 e. The number of fused-ring (bicyclic) bond motifs is 4. The number of amides is 1. The molecule has 178 valence electrons. The van der Waals surface area contributed by atoms with Crippen LogP contribution in [0.2, 0.25) is 10.2 Å². The zero-order valence-corrected chi connectivity index (χ0v) is 20.5. The second-order valence-corrected chi connectivity index (χ2v) is 10.4. The molecule has 0 spiro atoms. The molecule has 2 aromatic rings. The van der Waals surface area contributed by atoms with E-state index in [2.05, 4.69) is 38.4 Å². The number of nitrogens with one attached hydrogen (secondary N) is 4. The number of carbonyl (C=O) groups excluding carboxylic acids is 1. The van der Waals surface area contributed by atoms with E-state index in [-0.39, 0.29) is 30.3 Å². The van der Waals surface area contributed by atoms with Gasteiger partial charge in [0, 0.05) is 32.2 Å². The molecule has 1 aromatic carbocycles. The number of aromatic nitrogens is 2. The lowest BCUT2D eigenvalue weighted by molar-refractivity contribution is -0.150. The fourth-order valence-corrected chi connectivity index (χ4v) is 7.17. The molecule has 1 aromatic heterocycles. The summed E-state index contributed by atoms with van der Waals surface area (Å²) >= 11 is 13.3. The second-order valence-electron chi connectivity index (χ2n) is 9.68. The molecule has 4 saturated heterocycles. The van der Waals surface area contributed by atoms with Crippen molar-refractivity contribution in [3.8, 4) is 0 Å². The second kappa shape index (κ2) is 8.05. The van der Waals surface area contributed by atoms with E-state index >= 15 is 0 Å². The van der Waals surface area contributed by atoms with Gasteiger partial charge < -0.3 is 10.2 Å². The highest BCUT2D eigenvalue weighted by atomic mass is 35.5. The first kappa shape index (κ1) is 22.0. The quantitative estimate of drug-likeness (QED) is 0.514. The van der Waals surface area contributed by atoms with E-state index in [0.717, 1.165) is 24.0 Å². The number of hydrogen-bond acceptors (Lipinski definition) is 7. The molecule has 4 fully saturated rings. The standard InChI is InChI=1S/C22H30Cl2N8O/c1-4-25-13-9-10-5-8-14(13)32(10)22-26-20-16(21(33)30(22)2)18(27-28-20)11-6-7-12-15(17(11)23)19(24)31(3)29-12/h6-7,10,13-14,16,18,20,22,25-28H,4-5,8-9H2,1-3H3/t10-,13+,14+,16?,18?,20?,22?/m0/s1. The van der Waals surface area contributed by atoms with Gasteiger partial charge in [-0.1, -0.05) is 36.2 Å². The van der Waals surface area contributed by atoms with Crippen molar-refractivity contribution in [1.29, 1.82) is 0 Å². The summed E-state index contributed by atoms with van der Waals surface area (Å²) in [4.78, 5) is 18.1. The van der Waals surface area contributed by atoms with E-state index in [1.807, 2.05) is 24.1 Å². The molecule has 0 radical (unpaired) electrons. The number of nitrogens with zero attached hydrogens (tertiary/aromatic N) is 4. The molecule has 4 aliphatic rings. The van der Waals surface area contributed by atoms with Crippen LogP contribution in [0.1, 0.15) is 37.8 Å².